The quantitative estimate of drug-likeness (QED) is 0.835. The van der Waals surface area contributed by atoms with Crippen LogP contribution in [-0.4, -0.2) is 12.2 Å². The average Bonchev–Trinajstić information content (AvgIpc) is 2.37. The Bertz CT molecular complexity index is 597. The largest absolute Gasteiger partial charge is 0.497 e. The molecule has 2 nitrogen and oxygen atoms in total. The molecular weight excluding hydrogens is 372 g/mol. The van der Waals surface area contributed by atoms with Crippen LogP contribution in [-0.2, 0) is 0 Å². The van der Waals surface area contributed by atoms with Crippen molar-refractivity contribution < 1.29 is 9.84 Å². The van der Waals surface area contributed by atoms with Gasteiger partial charge in [0.15, 0.2) is 0 Å². The maximum absolute atomic E-state index is 10.5. The molecule has 100 valence electrons. The second-order valence-electron chi connectivity index (χ2n) is 4.31. The molecule has 0 aliphatic rings. The Labute approximate surface area is 129 Å². The summed E-state index contributed by atoms with van der Waals surface area (Å²) in [5, 5.41) is 10.5. The van der Waals surface area contributed by atoms with Gasteiger partial charge in [0, 0.05) is 8.95 Å². The summed E-state index contributed by atoms with van der Waals surface area (Å²) < 4.78 is 6.89. The van der Waals surface area contributed by atoms with Crippen LogP contribution in [0.1, 0.15) is 22.8 Å². The molecule has 2 aromatic rings. The van der Waals surface area contributed by atoms with Gasteiger partial charge in [-0.3, -0.25) is 0 Å². The highest BCUT2D eigenvalue weighted by molar-refractivity contribution is 9.10. The molecule has 0 saturated carbocycles. The number of aliphatic hydroxyl groups is 1. The Kier molecular flexibility index (Phi) is 4.66. The molecule has 0 amide bonds. The predicted molar refractivity (Wildman–Crippen MR) is 83.6 cm³/mol. The van der Waals surface area contributed by atoms with Gasteiger partial charge < -0.3 is 9.84 Å². The monoisotopic (exact) mass is 384 g/mol. The van der Waals surface area contributed by atoms with Gasteiger partial charge in [-0.1, -0.05) is 50.1 Å². The van der Waals surface area contributed by atoms with Crippen LogP contribution in [0.25, 0.3) is 0 Å². The summed E-state index contributed by atoms with van der Waals surface area (Å²) >= 11 is 6.97. The van der Waals surface area contributed by atoms with Gasteiger partial charge in [-0.2, -0.15) is 0 Å². The molecule has 2 aromatic carbocycles. The Hall–Kier alpha value is -0.840. The lowest BCUT2D eigenvalue weighted by Crippen LogP contribution is -2.02. The van der Waals surface area contributed by atoms with Gasteiger partial charge >= 0.3 is 0 Å². The Morgan fingerprint density at radius 2 is 1.58 bits per heavy atom. The van der Waals surface area contributed by atoms with Gasteiger partial charge in [0.1, 0.15) is 11.9 Å². The van der Waals surface area contributed by atoms with Crippen molar-refractivity contribution in [3.8, 4) is 5.75 Å². The van der Waals surface area contributed by atoms with Crippen LogP contribution < -0.4 is 4.74 Å². The highest BCUT2D eigenvalue weighted by Gasteiger charge is 2.16. The highest BCUT2D eigenvalue weighted by Crippen LogP contribution is 2.34. The lowest BCUT2D eigenvalue weighted by Gasteiger charge is -2.16. The van der Waals surface area contributed by atoms with E-state index in [-0.39, 0.29) is 0 Å². The summed E-state index contributed by atoms with van der Waals surface area (Å²) in [6.45, 7) is 2.02. The Balaban J connectivity index is 2.41. The van der Waals surface area contributed by atoms with Crippen molar-refractivity contribution in [2.24, 2.45) is 0 Å². The van der Waals surface area contributed by atoms with Crippen molar-refractivity contribution in [2.75, 3.05) is 7.11 Å². The third-order valence-electron chi connectivity index (χ3n) is 2.95. The lowest BCUT2D eigenvalue weighted by molar-refractivity contribution is 0.218. The van der Waals surface area contributed by atoms with Gasteiger partial charge in [0.25, 0.3) is 0 Å². The van der Waals surface area contributed by atoms with E-state index >= 15 is 0 Å². The molecule has 0 bridgehead atoms. The van der Waals surface area contributed by atoms with Crippen LogP contribution in [0.15, 0.2) is 45.3 Å². The molecule has 1 atom stereocenters. The number of aliphatic hydroxyl groups excluding tert-OH is 1. The summed E-state index contributed by atoms with van der Waals surface area (Å²) in [5.41, 5.74) is 2.80. The minimum absolute atomic E-state index is 0.685. The van der Waals surface area contributed by atoms with E-state index in [1.807, 2.05) is 43.3 Å². The normalized spacial score (nSPS) is 12.3. The molecule has 0 spiro atoms. The molecular formula is C15H14Br2O2. The van der Waals surface area contributed by atoms with Crippen LogP contribution in [0.3, 0.4) is 0 Å². The summed E-state index contributed by atoms with van der Waals surface area (Å²) in [7, 11) is 1.62. The number of rotatable bonds is 3. The number of methoxy groups -OCH3 is 1. The molecule has 0 aliphatic heterocycles. The van der Waals surface area contributed by atoms with E-state index in [0.29, 0.717) is 0 Å². The standard InChI is InChI=1S/C15H14Br2O2/c1-9-3-5-11(13(16)7-9)15(18)12-6-4-10(19-2)8-14(12)17/h3-8,15,18H,1-2H3. The number of ether oxygens (including phenoxy) is 1. The third-order valence-corrected chi connectivity index (χ3v) is 4.33. The fourth-order valence-electron chi connectivity index (χ4n) is 1.88. The first-order valence-electron chi connectivity index (χ1n) is 5.80. The van der Waals surface area contributed by atoms with Gasteiger partial charge in [0.05, 0.1) is 7.11 Å². The first-order chi connectivity index (χ1) is 9.02. The molecule has 1 unspecified atom stereocenters. The molecule has 1 N–H and O–H groups in total. The molecule has 19 heavy (non-hydrogen) atoms. The fraction of sp³-hybridized carbons (Fsp3) is 0.200. The smallest absolute Gasteiger partial charge is 0.120 e. The lowest BCUT2D eigenvalue weighted by atomic mass is 10.0. The number of halogens is 2. The molecule has 0 fully saturated rings. The van der Waals surface area contributed by atoms with E-state index in [1.165, 1.54) is 0 Å². The zero-order chi connectivity index (χ0) is 14.0. The second-order valence-corrected chi connectivity index (χ2v) is 6.02. The molecule has 0 heterocycles. The molecule has 0 radical (unpaired) electrons. The predicted octanol–water partition coefficient (Wildman–Crippen LogP) is 4.61. The summed E-state index contributed by atoms with van der Waals surface area (Å²) in [5.74, 6) is 0.755. The van der Waals surface area contributed by atoms with E-state index in [1.54, 1.807) is 7.11 Å². The van der Waals surface area contributed by atoms with Crippen molar-refractivity contribution in [3.63, 3.8) is 0 Å². The van der Waals surface area contributed by atoms with Gasteiger partial charge in [-0.25, -0.2) is 0 Å². The van der Waals surface area contributed by atoms with Crippen molar-refractivity contribution in [1.82, 2.24) is 0 Å². The van der Waals surface area contributed by atoms with Gasteiger partial charge in [-0.15, -0.1) is 0 Å². The highest BCUT2D eigenvalue weighted by atomic mass is 79.9. The number of aryl methyl sites for hydroxylation is 1. The Morgan fingerprint density at radius 1 is 1.00 bits per heavy atom. The molecule has 0 aromatic heterocycles. The zero-order valence-electron chi connectivity index (χ0n) is 10.7. The molecule has 0 aliphatic carbocycles. The number of hydrogen-bond acceptors (Lipinski definition) is 2. The Morgan fingerprint density at radius 3 is 2.11 bits per heavy atom. The third kappa shape index (κ3) is 3.19. The van der Waals surface area contributed by atoms with Crippen LogP contribution in [0.5, 0.6) is 5.75 Å². The van der Waals surface area contributed by atoms with Gasteiger partial charge in [0.2, 0.25) is 0 Å². The van der Waals surface area contributed by atoms with Crippen molar-refractivity contribution >= 4 is 31.9 Å². The van der Waals surface area contributed by atoms with Crippen LogP contribution in [0, 0.1) is 6.92 Å². The zero-order valence-corrected chi connectivity index (χ0v) is 13.8. The summed E-state index contributed by atoms with van der Waals surface area (Å²) in [6.07, 6.45) is -0.685. The number of benzene rings is 2. The van der Waals surface area contributed by atoms with E-state index in [4.69, 9.17) is 4.74 Å². The van der Waals surface area contributed by atoms with E-state index in [0.717, 1.165) is 31.4 Å². The van der Waals surface area contributed by atoms with Gasteiger partial charge in [-0.05, 0) is 41.8 Å². The SMILES string of the molecule is COc1ccc(C(O)c2ccc(C)cc2Br)c(Br)c1. The molecule has 4 heteroatoms. The summed E-state index contributed by atoms with van der Waals surface area (Å²) in [6, 6.07) is 11.5. The average molecular weight is 386 g/mol. The summed E-state index contributed by atoms with van der Waals surface area (Å²) in [4.78, 5) is 0. The first-order valence-corrected chi connectivity index (χ1v) is 7.39. The van der Waals surface area contributed by atoms with E-state index in [9.17, 15) is 5.11 Å². The van der Waals surface area contributed by atoms with Crippen LogP contribution >= 0.6 is 31.9 Å². The second kappa shape index (κ2) is 6.07. The molecule has 2 rings (SSSR count). The van der Waals surface area contributed by atoms with Crippen LogP contribution in [0.2, 0.25) is 0 Å². The topological polar surface area (TPSA) is 29.5 Å². The number of hydrogen-bond donors (Lipinski definition) is 1. The maximum atomic E-state index is 10.5. The maximum Gasteiger partial charge on any atom is 0.120 e. The fourth-order valence-corrected chi connectivity index (χ4v) is 3.16. The van der Waals surface area contributed by atoms with Crippen molar-refractivity contribution in [2.45, 2.75) is 13.0 Å². The van der Waals surface area contributed by atoms with E-state index in [2.05, 4.69) is 31.9 Å². The van der Waals surface area contributed by atoms with E-state index < -0.39 is 6.10 Å². The first kappa shape index (κ1) is 14.6. The minimum atomic E-state index is -0.685. The minimum Gasteiger partial charge on any atom is -0.497 e. The van der Waals surface area contributed by atoms with Crippen molar-refractivity contribution in [1.29, 1.82) is 0 Å². The van der Waals surface area contributed by atoms with Crippen LogP contribution in [0.4, 0.5) is 0 Å². The van der Waals surface area contributed by atoms with Crippen molar-refractivity contribution in [3.05, 3.63) is 62.0 Å². The molecule has 0 saturated heterocycles.